The van der Waals surface area contributed by atoms with Gasteiger partial charge in [-0.25, -0.2) is 4.98 Å². The van der Waals surface area contributed by atoms with E-state index in [1.54, 1.807) is 18.9 Å². The third kappa shape index (κ3) is 4.27. The Hall–Kier alpha value is -2.57. The highest BCUT2D eigenvalue weighted by atomic mass is 35.5. The van der Waals surface area contributed by atoms with Crippen molar-refractivity contribution in [3.63, 3.8) is 0 Å². The van der Waals surface area contributed by atoms with Gasteiger partial charge in [-0.3, -0.25) is 0 Å². The summed E-state index contributed by atoms with van der Waals surface area (Å²) in [5, 5.41) is 12.9. The normalized spacial score (nSPS) is 13.2. The number of hydrogen-bond donors (Lipinski definition) is 1. The molecule has 0 bridgehead atoms. The smallest absolute Gasteiger partial charge is 0.173 e. The third-order valence-electron chi connectivity index (χ3n) is 5.21. The van der Waals surface area contributed by atoms with Crippen molar-refractivity contribution >= 4 is 23.4 Å². The van der Waals surface area contributed by atoms with Crippen molar-refractivity contribution in [3.05, 3.63) is 107 Å². The summed E-state index contributed by atoms with van der Waals surface area (Å²) in [6.45, 7) is 0.258. The lowest BCUT2D eigenvalue weighted by atomic mass is 9.85. The van der Waals surface area contributed by atoms with Gasteiger partial charge in [-0.1, -0.05) is 66.2 Å². The molecule has 0 saturated heterocycles. The number of aliphatic hydroxyl groups is 1. The zero-order valence-electron chi connectivity index (χ0n) is 17.3. The quantitative estimate of drug-likeness (QED) is 0.361. The first kappa shape index (κ1) is 21.7. The van der Waals surface area contributed by atoms with Crippen LogP contribution in [0.3, 0.4) is 0 Å². The molecule has 1 aromatic heterocycles. The summed E-state index contributed by atoms with van der Waals surface area (Å²) in [6, 6.07) is 25.0. The molecule has 6 heteroatoms. The van der Waals surface area contributed by atoms with Gasteiger partial charge in [0.2, 0.25) is 0 Å². The number of ether oxygens (including phenoxy) is 1. The molecular formula is C25H23ClN2O2S. The molecule has 158 valence electrons. The van der Waals surface area contributed by atoms with E-state index in [2.05, 4.69) is 0 Å². The minimum Gasteiger partial charge on any atom is -0.373 e. The lowest BCUT2D eigenvalue weighted by Crippen LogP contribution is -2.33. The Morgan fingerprint density at radius 3 is 2.23 bits per heavy atom. The topological polar surface area (TPSA) is 47.3 Å². The molecule has 0 spiro atoms. The van der Waals surface area contributed by atoms with Crippen LogP contribution in [0.1, 0.15) is 17.0 Å². The Morgan fingerprint density at radius 1 is 0.968 bits per heavy atom. The average molecular weight is 451 g/mol. The van der Waals surface area contributed by atoms with Crippen LogP contribution < -0.4 is 0 Å². The van der Waals surface area contributed by atoms with Crippen molar-refractivity contribution in [1.29, 1.82) is 0 Å². The van der Waals surface area contributed by atoms with E-state index in [1.807, 2.05) is 95.9 Å². The Morgan fingerprint density at radius 2 is 1.61 bits per heavy atom. The number of halogens is 1. The molecular weight excluding hydrogens is 428 g/mol. The van der Waals surface area contributed by atoms with E-state index < -0.39 is 5.60 Å². The predicted octanol–water partition coefficient (Wildman–Crippen LogP) is 5.81. The number of benzene rings is 3. The summed E-state index contributed by atoms with van der Waals surface area (Å²) in [6.07, 6.45) is 3.92. The zero-order valence-corrected chi connectivity index (χ0v) is 18.9. The van der Waals surface area contributed by atoms with Gasteiger partial charge in [-0.15, -0.1) is 11.8 Å². The van der Waals surface area contributed by atoms with Crippen molar-refractivity contribution in [2.24, 2.45) is 0 Å². The first-order chi connectivity index (χ1) is 15.1. The van der Waals surface area contributed by atoms with E-state index in [0.29, 0.717) is 10.8 Å². The molecule has 1 unspecified atom stereocenters. The van der Waals surface area contributed by atoms with Crippen molar-refractivity contribution in [3.8, 4) is 11.3 Å². The van der Waals surface area contributed by atoms with Crippen molar-refractivity contribution < 1.29 is 9.84 Å². The number of rotatable bonds is 7. The van der Waals surface area contributed by atoms with Crippen molar-refractivity contribution in [1.82, 2.24) is 9.55 Å². The SMILES string of the molecule is COCn1cc(-c2ccc(Cl)cc2)nc1C(O)(c1ccccc1)c1ccc(SC)cc1. The fraction of sp³-hybridized carbons (Fsp3) is 0.160. The molecule has 0 radical (unpaired) electrons. The molecule has 4 nitrogen and oxygen atoms in total. The fourth-order valence-corrected chi connectivity index (χ4v) is 4.17. The summed E-state index contributed by atoms with van der Waals surface area (Å²) in [5.41, 5.74) is 1.66. The monoisotopic (exact) mass is 450 g/mol. The van der Waals surface area contributed by atoms with Crippen LogP contribution in [0.25, 0.3) is 11.3 Å². The number of aromatic nitrogens is 2. The van der Waals surface area contributed by atoms with Gasteiger partial charge in [0.25, 0.3) is 0 Å². The maximum atomic E-state index is 12.2. The highest BCUT2D eigenvalue weighted by molar-refractivity contribution is 7.98. The van der Waals surface area contributed by atoms with Crippen LogP contribution in [-0.2, 0) is 17.1 Å². The summed E-state index contributed by atoms with van der Waals surface area (Å²) in [5.74, 6) is 0.488. The molecule has 0 aliphatic carbocycles. The van der Waals surface area contributed by atoms with E-state index in [0.717, 1.165) is 27.3 Å². The molecule has 1 heterocycles. The second kappa shape index (κ2) is 9.28. The summed E-state index contributed by atoms with van der Waals surface area (Å²) < 4.78 is 7.27. The standard InChI is InChI=1S/C25H23ClN2O2S/c1-30-17-28-16-23(18-8-12-21(26)13-9-18)27-24(28)25(29,19-6-4-3-5-7-19)20-10-14-22(31-2)15-11-20/h3-16,29H,17H2,1-2H3. The predicted molar refractivity (Wildman–Crippen MR) is 126 cm³/mol. The van der Waals surface area contributed by atoms with E-state index in [9.17, 15) is 5.11 Å². The molecule has 0 aliphatic rings. The Bertz CT molecular complexity index is 1140. The van der Waals surface area contributed by atoms with E-state index in [1.165, 1.54) is 0 Å². The van der Waals surface area contributed by atoms with Crippen LogP contribution in [0.2, 0.25) is 5.02 Å². The van der Waals surface area contributed by atoms with Crippen LogP contribution in [0.4, 0.5) is 0 Å². The summed E-state index contributed by atoms with van der Waals surface area (Å²) >= 11 is 7.72. The van der Waals surface area contributed by atoms with Crippen LogP contribution in [-0.4, -0.2) is 28.0 Å². The minimum absolute atomic E-state index is 0.258. The van der Waals surface area contributed by atoms with E-state index in [4.69, 9.17) is 21.3 Å². The van der Waals surface area contributed by atoms with Gasteiger partial charge in [-0.2, -0.15) is 0 Å². The number of hydrogen-bond acceptors (Lipinski definition) is 4. The number of methoxy groups -OCH3 is 1. The Balaban J connectivity index is 1.92. The van der Waals surface area contributed by atoms with Gasteiger partial charge in [0, 0.05) is 28.8 Å². The molecule has 1 atom stereocenters. The molecule has 3 aromatic carbocycles. The molecule has 0 fully saturated rings. The van der Waals surface area contributed by atoms with Gasteiger partial charge in [-0.05, 0) is 41.6 Å². The van der Waals surface area contributed by atoms with Crippen LogP contribution >= 0.6 is 23.4 Å². The maximum Gasteiger partial charge on any atom is 0.173 e. The highest BCUT2D eigenvalue weighted by Gasteiger charge is 2.38. The zero-order chi connectivity index (χ0) is 21.8. The number of thioether (sulfide) groups is 1. The summed E-state index contributed by atoms with van der Waals surface area (Å²) in [4.78, 5) is 6.01. The van der Waals surface area contributed by atoms with Gasteiger partial charge in [0.1, 0.15) is 6.73 Å². The lowest BCUT2D eigenvalue weighted by molar-refractivity contribution is 0.0845. The Labute approximate surface area is 191 Å². The van der Waals surface area contributed by atoms with Gasteiger partial charge in [0.15, 0.2) is 11.4 Å². The fourth-order valence-electron chi connectivity index (χ4n) is 3.64. The number of nitrogens with zero attached hydrogens (tertiary/aromatic N) is 2. The molecule has 1 N–H and O–H groups in total. The third-order valence-corrected chi connectivity index (χ3v) is 6.20. The van der Waals surface area contributed by atoms with Gasteiger partial charge >= 0.3 is 0 Å². The van der Waals surface area contributed by atoms with Gasteiger partial charge < -0.3 is 14.4 Å². The molecule has 4 rings (SSSR count). The van der Waals surface area contributed by atoms with E-state index >= 15 is 0 Å². The van der Waals surface area contributed by atoms with Crippen LogP contribution in [0.5, 0.6) is 0 Å². The molecule has 31 heavy (non-hydrogen) atoms. The van der Waals surface area contributed by atoms with E-state index in [-0.39, 0.29) is 6.73 Å². The molecule has 0 saturated carbocycles. The van der Waals surface area contributed by atoms with Crippen LogP contribution in [0.15, 0.2) is 90.0 Å². The molecule has 0 aliphatic heterocycles. The average Bonchev–Trinajstić information content (AvgIpc) is 3.24. The minimum atomic E-state index is -1.46. The van der Waals surface area contributed by atoms with Crippen molar-refractivity contribution in [2.75, 3.05) is 13.4 Å². The second-order valence-corrected chi connectivity index (χ2v) is 8.47. The molecule has 0 amide bonds. The highest BCUT2D eigenvalue weighted by Crippen LogP contribution is 2.38. The Kier molecular flexibility index (Phi) is 6.49. The van der Waals surface area contributed by atoms with Gasteiger partial charge in [0.05, 0.1) is 5.69 Å². The van der Waals surface area contributed by atoms with Crippen LogP contribution in [0, 0.1) is 0 Å². The first-order valence-corrected chi connectivity index (χ1v) is 11.4. The molecule has 4 aromatic rings. The van der Waals surface area contributed by atoms with Crippen molar-refractivity contribution in [2.45, 2.75) is 17.2 Å². The summed E-state index contributed by atoms with van der Waals surface area (Å²) in [7, 11) is 1.63. The largest absolute Gasteiger partial charge is 0.373 e. The lowest BCUT2D eigenvalue weighted by Gasteiger charge is -2.29. The first-order valence-electron chi connectivity index (χ1n) is 9.81. The maximum absolute atomic E-state index is 12.2. The number of imidazole rings is 1. The second-order valence-electron chi connectivity index (χ2n) is 7.15.